The molecule has 1 aromatic rings. The molecule has 6 heteroatoms. The molecule has 0 bridgehead atoms. The van der Waals surface area contributed by atoms with E-state index in [9.17, 15) is 14.9 Å². The number of hydrogen-bond donors (Lipinski definition) is 0. The molecule has 0 aromatic heterocycles. The lowest BCUT2D eigenvalue weighted by molar-refractivity contribution is -0.385. The normalized spacial score (nSPS) is 18.1. The lowest BCUT2D eigenvalue weighted by Crippen LogP contribution is -2.35. The van der Waals surface area contributed by atoms with Crippen LogP contribution in [-0.4, -0.2) is 28.3 Å². The maximum absolute atomic E-state index is 12.4. The van der Waals surface area contributed by atoms with Crippen molar-refractivity contribution in [2.24, 2.45) is 0 Å². The summed E-state index contributed by atoms with van der Waals surface area (Å²) in [5.74, 6) is -0.422. The quantitative estimate of drug-likeness (QED) is 0.600. The summed E-state index contributed by atoms with van der Waals surface area (Å²) < 4.78 is 0. The maximum Gasteiger partial charge on any atom is 0.282 e. The van der Waals surface area contributed by atoms with E-state index in [0.717, 1.165) is 6.42 Å². The SMILES string of the molecule is Cc1cccc([N+](=O)[O-])c1C(=O)N1CCCC1C#N. The molecule has 0 aliphatic carbocycles. The summed E-state index contributed by atoms with van der Waals surface area (Å²) in [4.78, 5) is 24.3. The minimum absolute atomic E-state index is 0.0923. The number of rotatable bonds is 2. The van der Waals surface area contributed by atoms with Gasteiger partial charge < -0.3 is 4.90 Å². The van der Waals surface area contributed by atoms with Crippen LogP contribution in [0.15, 0.2) is 18.2 Å². The second kappa shape index (κ2) is 5.06. The number of aryl methyl sites for hydroxylation is 1. The summed E-state index contributed by atoms with van der Waals surface area (Å²) in [5.41, 5.74) is 0.450. The van der Waals surface area contributed by atoms with Gasteiger partial charge in [0.1, 0.15) is 11.6 Å². The number of nitro groups is 1. The molecule has 1 fully saturated rings. The monoisotopic (exact) mass is 259 g/mol. The number of nitro benzene ring substituents is 1. The van der Waals surface area contributed by atoms with E-state index in [-0.39, 0.29) is 11.3 Å². The van der Waals surface area contributed by atoms with Gasteiger partial charge in [-0.2, -0.15) is 5.26 Å². The first-order valence-electron chi connectivity index (χ1n) is 6.01. The molecule has 1 aliphatic heterocycles. The summed E-state index contributed by atoms with van der Waals surface area (Å²) >= 11 is 0. The summed E-state index contributed by atoms with van der Waals surface area (Å²) in [6.45, 7) is 2.14. The van der Waals surface area contributed by atoms with Gasteiger partial charge in [0.15, 0.2) is 0 Å². The molecule has 1 heterocycles. The standard InChI is InChI=1S/C13H13N3O3/c1-9-4-2-6-11(16(18)19)12(9)13(17)15-7-3-5-10(15)8-14/h2,4,6,10H,3,5,7H2,1H3. The fraction of sp³-hybridized carbons (Fsp3) is 0.385. The first-order chi connectivity index (χ1) is 9.06. The van der Waals surface area contributed by atoms with Crippen LogP contribution in [0, 0.1) is 28.4 Å². The summed E-state index contributed by atoms with van der Waals surface area (Å²) in [6.07, 6.45) is 1.38. The Balaban J connectivity index is 2.45. The highest BCUT2D eigenvalue weighted by molar-refractivity contribution is 6.00. The predicted molar refractivity (Wildman–Crippen MR) is 67.5 cm³/mol. The molecule has 2 rings (SSSR count). The van der Waals surface area contributed by atoms with Crippen molar-refractivity contribution in [3.8, 4) is 6.07 Å². The van der Waals surface area contributed by atoms with Gasteiger partial charge in [-0.3, -0.25) is 14.9 Å². The minimum atomic E-state index is -0.558. The van der Waals surface area contributed by atoms with Crippen molar-refractivity contribution in [1.29, 1.82) is 5.26 Å². The minimum Gasteiger partial charge on any atom is -0.322 e. The van der Waals surface area contributed by atoms with Crippen molar-refractivity contribution in [3.63, 3.8) is 0 Å². The molecule has 0 saturated carbocycles. The van der Waals surface area contributed by atoms with Crippen LogP contribution >= 0.6 is 0 Å². The maximum atomic E-state index is 12.4. The molecule has 6 nitrogen and oxygen atoms in total. The molecule has 0 spiro atoms. The predicted octanol–water partition coefficient (Wildman–Crippen LogP) is 2.03. The fourth-order valence-corrected chi connectivity index (χ4v) is 2.37. The van der Waals surface area contributed by atoms with Gasteiger partial charge in [0.25, 0.3) is 11.6 Å². The Kier molecular flexibility index (Phi) is 3.47. The molecule has 0 radical (unpaired) electrons. The third kappa shape index (κ3) is 2.27. The summed E-state index contributed by atoms with van der Waals surface area (Å²) in [5, 5.41) is 20.0. The lowest BCUT2D eigenvalue weighted by atomic mass is 10.0. The van der Waals surface area contributed by atoms with Gasteiger partial charge in [0.05, 0.1) is 11.0 Å². The van der Waals surface area contributed by atoms with Crippen LogP contribution in [0.1, 0.15) is 28.8 Å². The zero-order chi connectivity index (χ0) is 14.0. The van der Waals surface area contributed by atoms with Crippen LogP contribution in [0.5, 0.6) is 0 Å². The van der Waals surface area contributed by atoms with E-state index in [1.807, 2.05) is 0 Å². The molecular weight excluding hydrogens is 246 g/mol. The van der Waals surface area contributed by atoms with E-state index in [2.05, 4.69) is 6.07 Å². The molecule has 1 unspecified atom stereocenters. The molecular formula is C13H13N3O3. The van der Waals surface area contributed by atoms with Crippen molar-refractivity contribution >= 4 is 11.6 Å². The topological polar surface area (TPSA) is 87.2 Å². The van der Waals surface area contributed by atoms with Gasteiger partial charge in [0, 0.05) is 12.6 Å². The Morgan fingerprint density at radius 1 is 1.58 bits per heavy atom. The van der Waals surface area contributed by atoms with Gasteiger partial charge in [-0.25, -0.2) is 0 Å². The molecule has 1 aliphatic rings. The Bertz CT molecular complexity index is 577. The van der Waals surface area contributed by atoms with E-state index in [1.165, 1.54) is 11.0 Å². The molecule has 1 saturated heterocycles. The molecule has 98 valence electrons. The first kappa shape index (κ1) is 13.0. The van der Waals surface area contributed by atoms with Crippen LogP contribution in [0.2, 0.25) is 0 Å². The summed E-state index contributed by atoms with van der Waals surface area (Å²) in [7, 11) is 0. The second-order valence-corrected chi connectivity index (χ2v) is 4.51. The average Bonchev–Trinajstić information content (AvgIpc) is 2.85. The van der Waals surface area contributed by atoms with E-state index in [1.54, 1.807) is 19.1 Å². The van der Waals surface area contributed by atoms with Gasteiger partial charge in [-0.1, -0.05) is 12.1 Å². The van der Waals surface area contributed by atoms with E-state index >= 15 is 0 Å². The van der Waals surface area contributed by atoms with E-state index < -0.39 is 16.9 Å². The molecule has 1 atom stereocenters. The number of benzene rings is 1. The number of amides is 1. The van der Waals surface area contributed by atoms with Crippen molar-refractivity contribution < 1.29 is 9.72 Å². The van der Waals surface area contributed by atoms with Crippen LogP contribution in [0.4, 0.5) is 5.69 Å². The third-order valence-corrected chi connectivity index (χ3v) is 3.32. The smallest absolute Gasteiger partial charge is 0.282 e. The van der Waals surface area contributed by atoms with Crippen molar-refractivity contribution in [1.82, 2.24) is 4.90 Å². The van der Waals surface area contributed by atoms with Crippen LogP contribution < -0.4 is 0 Å². The van der Waals surface area contributed by atoms with Crippen molar-refractivity contribution in [3.05, 3.63) is 39.4 Å². The van der Waals surface area contributed by atoms with E-state index in [4.69, 9.17) is 5.26 Å². The third-order valence-electron chi connectivity index (χ3n) is 3.32. The highest BCUT2D eigenvalue weighted by atomic mass is 16.6. The average molecular weight is 259 g/mol. The second-order valence-electron chi connectivity index (χ2n) is 4.51. The molecule has 1 aromatic carbocycles. The first-order valence-corrected chi connectivity index (χ1v) is 6.01. The largest absolute Gasteiger partial charge is 0.322 e. The fourth-order valence-electron chi connectivity index (χ4n) is 2.37. The van der Waals surface area contributed by atoms with Gasteiger partial charge in [-0.05, 0) is 25.3 Å². The zero-order valence-corrected chi connectivity index (χ0v) is 10.5. The number of carbonyl (C=O) groups excluding carboxylic acids is 1. The number of carbonyl (C=O) groups is 1. The molecule has 19 heavy (non-hydrogen) atoms. The highest BCUT2D eigenvalue weighted by Crippen LogP contribution is 2.27. The van der Waals surface area contributed by atoms with Crippen molar-refractivity contribution in [2.75, 3.05) is 6.54 Å². The van der Waals surface area contributed by atoms with Crippen molar-refractivity contribution in [2.45, 2.75) is 25.8 Å². The zero-order valence-electron chi connectivity index (χ0n) is 10.5. The number of likely N-dealkylation sites (tertiary alicyclic amines) is 1. The molecule has 0 N–H and O–H groups in total. The summed E-state index contributed by atoms with van der Waals surface area (Å²) in [6, 6.07) is 6.12. The Morgan fingerprint density at radius 2 is 2.32 bits per heavy atom. The van der Waals surface area contributed by atoms with Crippen LogP contribution in [0.25, 0.3) is 0 Å². The van der Waals surface area contributed by atoms with Crippen LogP contribution in [0.3, 0.4) is 0 Å². The van der Waals surface area contributed by atoms with Gasteiger partial charge >= 0.3 is 0 Å². The van der Waals surface area contributed by atoms with Gasteiger partial charge in [-0.15, -0.1) is 0 Å². The lowest BCUT2D eigenvalue weighted by Gasteiger charge is -2.20. The van der Waals surface area contributed by atoms with E-state index in [0.29, 0.717) is 18.5 Å². The Labute approximate surface area is 110 Å². The number of hydrogen-bond acceptors (Lipinski definition) is 4. The Morgan fingerprint density at radius 3 is 2.95 bits per heavy atom. The Hall–Kier alpha value is -2.42. The highest BCUT2D eigenvalue weighted by Gasteiger charge is 2.33. The van der Waals surface area contributed by atoms with Gasteiger partial charge in [0.2, 0.25) is 0 Å². The van der Waals surface area contributed by atoms with Crippen LogP contribution in [-0.2, 0) is 0 Å². The number of nitrogens with zero attached hydrogens (tertiary/aromatic N) is 3. The molecule has 1 amide bonds. The number of nitriles is 1.